The van der Waals surface area contributed by atoms with E-state index < -0.39 is 0 Å². The third-order valence-corrected chi connectivity index (χ3v) is 5.52. The molecular weight excluding hydrogens is 376 g/mol. The standard InChI is InChI=1S/C23H24N6O/c1-17-22(3-2-9-26-17)23(30)28-10-8-20(15-28)27-13-21-12-25-16-29(21)14-19-6-4-18(11-24)5-7-19/h2-7,9,12,16,20,27H,8,10,13-15H2,1H3/t20-/m0/s1. The molecule has 30 heavy (non-hydrogen) atoms. The van der Waals surface area contributed by atoms with Crippen molar-refractivity contribution in [2.45, 2.75) is 32.5 Å². The molecular formula is C23H24N6O. The fraction of sp³-hybridized carbons (Fsp3) is 0.304. The van der Waals surface area contributed by atoms with Crippen LogP contribution < -0.4 is 5.32 Å². The number of aromatic nitrogens is 3. The molecule has 0 unspecified atom stereocenters. The van der Waals surface area contributed by atoms with Gasteiger partial charge in [-0.15, -0.1) is 0 Å². The Morgan fingerprint density at radius 1 is 1.30 bits per heavy atom. The van der Waals surface area contributed by atoms with E-state index in [1.807, 2.05) is 54.7 Å². The van der Waals surface area contributed by atoms with Gasteiger partial charge in [0.25, 0.3) is 5.91 Å². The van der Waals surface area contributed by atoms with Crippen LogP contribution in [-0.2, 0) is 13.1 Å². The van der Waals surface area contributed by atoms with Crippen molar-refractivity contribution >= 4 is 5.91 Å². The van der Waals surface area contributed by atoms with Crippen molar-refractivity contribution in [2.75, 3.05) is 13.1 Å². The van der Waals surface area contributed by atoms with Crippen LogP contribution in [0.3, 0.4) is 0 Å². The number of hydrogen-bond acceptors (Lipinski definition) is 5. The average molecular weight is 400 g/mol. The molecule has 1 atom stereocenters. The van der Waals surface area contributed by atoms with Gasteiger partial charge in [0.2, 0.25) is 0 Å². The van der Waals surface area contributed by atoms with E-state index in [4.69, 9.17) is 5.26 Å². The number of likely N-dealkylation sites (tertiary alicyclic amines) is 1. The lowest BCUT2D eigenvalue weighted by Gasteiger charge is -2.18. The first-order valence-electron chi connectivity index (χ1n) is 10.1. The van der Waals surface area contributed by atoms with Crippen LogP contribution in [0.4, 0.5) is 0 Å². The van der Waals surface area contributed by atoms with Gasteiger partial charge in [0.05, 0.1) is 29.2 Å². The number of hydrogen-bond donors (Lipinski definition) is 1. The maximum atomic E-state index is 12.8. The van der Waals surface area contributed by atoms with Crippen LogP contribution in [0, 0.1) is 18.3 Å². The third-order valence-electron chi connectivity index (χ3n) is 5.52. The number of carbonyl (C=O) groups excluding carboxylic acids is 1. The lowest BCUT2D eigenvalue weighted by atomic mass is 10.1. The zero-order chi connectivity index (χ0) is 20.9. The molecule has 2 aromatic heterocycles. The Hall–Kier alpha value is -3.50. The van der Waals surface area contributed by atoms with Gasteiger partial charge in [-0.3, -0.25) is 9.78 Å². The minimum absolute atomic E-state index is 0.0516. The van der Waals surface area contributed by atoms with Gasteiger partial charge >= 0.3 is 0 Å². The summed E-state index contributed by atoms with van der Waals surface area (Å²) in [7, 11) is 0. The summed E-state index contributed by atoms with van der Waals surface area (Å²) >= 11 is 0. The van der Waals surface area contributed by atoms with Gasteiger partial charge in [-0.1, -0.05) is 12.1 Å². The third kappa shape index (κ3) is 4.39. The number of imidazole rings is 1. The molecule has 3 heterocycles. The Morgan fingerprint density at radius 3 is 2.90 bits per heavy atom. The second kappa shape index (κ2) is 8.89. The van der Waals surface area contributed by atoms with Crippen LogP contribution in [0.2, 0.25) is 0 Å². The Morgan fingerprint density at radius 2 is 2.13 bits per heavy atom. The van der Waals surface area contributed by atoms with Gasteiger partial charge in [0.15, 0.2) is 0 Å². The number of aryl methyl sites for hydroxylation is 1. The lowest BCUT2D eigenvalue weighted by molar-refractivity contribution is 0.0788. The van der Waals surface area contributed by atoms with Crippen LogP contribution in [0.5, 0.6) is 0 Å². The predicted octanol–water partition coefficient (Wildman–Crippen LogP) is 2.51. The number of nitrogens with one attached hydrogen (secondary N) is 1. The van der Waals surface area contributed by atoms with Crippen LogP contribution >= 0.6 is 0 Å². The molecule has 7 heteroatoms. The SMILES string of the molecule is Cc1ncccc1C(=O)N1CC[C@H](NCc2cncn2Cc2ccc(C#N)cc2)C1. The van der Waals surface area contributed by atoms with E-state index >= 15 is 0 Å². The molecule has 0 radical (unpaired) electrons. The Kier molecular flexibility index (Phi) is 5.87. The van der Waals surface area contributed by atoms with Crippen LogP contribution in [0.1, 0.15) is 39.3 Å². The molecule has 1 aromatic carbocycles. The zero-order valence-electron chi connectivity index (χ0n) is 17.0. The summed E-state index contributed by atoms with van der Waals surface area (Å²) < 4.78 is 2.10. The van der Waals surface area contributed by atoms with E-state index in [-0.39, 0.29) is 11.9 Å². The van der Waals surface area contributed by atoms with E-state index in [9.17, 15) is 4.79 Å². The largest absolute Gasteiger partial charge is 0.337 e. The van der Waals surface area contributed by atoms with Crippen molar-refractivity contribution < 1.29 is 4.79 Å². The van der Waals surface area contributed by atoms with Gasteiger partial charge in [0, 0.05) is 50.3 Å². The molecule has 1 aliphatic heterocycles. The highest BCUT2D eigenvalue weighted by Gasteiger charge is 2.27. The number of nitriles is 1. The van der Waals surface area contributed by atoms with Crippen molar-refractivity contribution in [1.29, 1.82) is 5.26 Å². The number of nitrogens with zero attached hydrogens (tertiary/aromatic N) is 5. The first-order valence-corrected chi connectivity index (χ1v) is 10.1. The second-order valence-electron chi connectivity index (χ2n) is 7.58. The topological polar surface area (TPSA) is 86.8 Å². The Balaban J connectivity index is 1.33. The van der Waals surface area contributed by atoms with E-state index in [1.165, 1.54) is 0 Å². The van der Waals surface area contributed by atoms with E-state index in [2.05, 4.69) is 25.9 Å². The van der Waals surface area contributed by atoms with Crippen LogP contribution in [-0.4, -0.2) is 44.5 Å². The molecule has 7 nitrogen and oxygen atoms in total. The van der Waals surface area contributed by atoms with Crippen LogP contribution in [0.15, 0.2) is 55.1 Å². The second-order valence-corrected chi connectivity index (χ2v) is 7.58. The fourth-order valence-electron chi connectivity index (χ4n) is 3.76. The summed E-state index contributed by atoms with van der Waals surface area (Å²) in [5.74, 6) is 0.0516. The normalized spacial score (nSPS) is 15.9. The quantitative estimate of drug-likeness (QED) is 0.687. The molecule has 1 N–H and O–H groups in total. The zero-order valence-corrected chi connectivity index (χ0v) is 17.0. The molecule has 1 fully saturated rings. The number of carbonyl (C=O) groups is 1. The highest BCUT2D eigenvalue weighted by atomic mass is 16.2. The molecule has 0 aliphatic carbocycles. The smallest absolute Gasteiger partial charge is 0.255 e. The highest BCUT2D eigenvalue weighted by molar-refractivity contribution is 5.95. The van der Waals surface area contributed by atoms with Crippen molar-refractivity contribution in [3.63, 3.8) is 0 Å². The fourth-order valence-corrected chi connectivity index (χ4v) is 3.76. The summed E-state index contributed by atoms with van der Waals surface area (Å²) in [5, 5.41) is 12.5. The average Bonchev–Trinajstić information content (AvgIpc) is 3.42. The molecule has 0 saturated carbocycles. The summed E-state index contributed by atoms with van der Waals surface area (Å²) in [6.07, 6.45) is 6.33. The molecule has 1 aliphatic rings. The minimum atomic E-state index is 0.0516. The summed E-state index contributed by atoms with van der Waals surface area (Å²) in [4.78, 5) is 23.2. The molecule has 1 amide bonds. The maximum Gasteiger partial charge on any atom is 0.255 e. The van der Waals surface area contributed by atoms with Crippen molar-refractivity contribution in [1.82, 2.24) is 24.8 Å². The van der Waals surface area contributed by atoms with Crippen molar-refractivity contribution in [2.24, 2.45) is 0 Å². The molecule has 0 spiro atoms. The number of rotatable bonds is 6. The Bertz CT molecular complexity index is 1070. The number of pyridine rings is 1. The van der Waals surface area contributed by atoms with Gasteiger partial charge in [-0.05, 0) is 43.2 Å². The monoisotopic (exact) mass is 400 g/mol. The predicted molar refractivity (Wildman–Crippen MR) is 113 cm³/mol. The van der Waals surface area contributed by atoms with Crippen molar-refractivity contribution in [3.05, 3.63) is 83.2 Å². The minimum Gasteiger partial charge on any atom is -0.337 e. The molecule has 0 bridgehead atoms. The lowest BCUT2D eigenvalue weighted by Crippen LogP contribution is -2.35. The summed E-state index contributed by atoms with van der Waals surface area (Å²) in [5.41, 5.74) is 4.32. The van der Waals surface area contributed by atoms with Crippen molar-refractivity contribution in [3.8, 4) is 6.07 Å². The first kappa shape index (κ1) is 19.8. The van der Waals surface area contributed by atoms with Gasteiger partial charge in [-0.25, -0.2) is 4.98 Å². The maximum absolute atomic E-state index is 12.8. The first-order chi connectivity index (χ1) is 14.6. The van der Waals surface area contributed by atoms with Gasteiger partial charge < -0.3 is 14.8 Å². The summed E-state index contributed by atoms with van der Waals surface area (Å²) in [6.45, 7) is 4.70. The Labute approximate surface area is 176 Å². The van der Waals surface area contributed by atoms with Gasteiger partial charge in [-0.2, -0.15) is 5.26 Å². The van der Waals surface area contributed by atoms with Gasteiger partial charge in [0.1, 0.15) is 0 Å². The highest BCUT2D eigenvalue weighted by Crippen LogP contribution is 2.16. The molecule has 3 aromatic rings. The van der Waals surface area contributed by atoms with E-state index in [0.717, 1.165) is 29.9 Å². The number of benzene rings is 1. The van der Waals surface area contributed by atoms with Crippen LogP contribution in [0.25, 0.3) is 0 Å². The molecule has 4 rings (SSSR count). The number of amides is 1. The summed E-state index contributed by atoms with van der Waals surface area (Å²) in [6, 6.07) is 13.6. The molecule has 1 saturated heterocycles. The van der Waals surface area contributed by atoms with E-state index in [0.29, 0.717) is 30.8 Å². The van der Waals surface area contributed by atoms with E-state index in [1.54, 1.807) is 12.3 Å². The molecule has 152 valence electrons.